The van der Waals surface area contributed by atoms with E-state index < -0.39 is 11.7 Å². The Morgan fingerprint density at radius 3 is 2.47 bits per heavy atom. The molecule has 0 bridgehead atoms. The second kappa shape index (κ2) is 4.91. The molecule has 1 aromatic carbocycles. The summed E-state index contributed by atoms with van der Waals surface area (Å²) in [6.45, 7) is 1.87. The lowest BCUT2D eigenvalue weighted by Gasteiger charge is -2.15. The van der Waals surface area contributed by atoms with E-state index in [-0.39, 0.29) is 5.56 Å². The van der Waals surface area contributed by atoms with Crippen LogP contribution in [-0.4, -0.2) is 4.98 Å². The molecule has 0 saturated heterocycles. The van der Waals surface area contributed by atoms with Crippen LogP contribution in [-0.2, 0) is 12.6 Å². The Morgan fingerprint density at radius 2 is 1.84 bits per heavy atom. The van der Waals surface area contributed by atoms with Gasteiger partial charge in [-0.15, -0.1) is 0 Å². The number of nitrogens with two attached hydrogens (primary N) is 1. The van der Waals surface area contributed by atoms with Gasteiger partial charge in [-0.1, -0.05) is 25.1 Å². The van der Waals surface area contributed by atoms with E-state index in [2.05, 4.69) is 4.98 Å². The lowest BCUT2D eigenvalue weighted by Crippen LogP contribution is -2.08. The molecule has 100 valence electrons. The number of pyridine rings is 1. The summed E-state index contributed by atoms with van der Waals surface area (Å²) in [7, 11) is 0. The van der Waals surface area contributed by atoms with Crippen molar-refractivity contribution < 1.29 is 13.2 Å². The summed E-state index contributed by atoms with van der Waals surface area (Å²) in [5.74, 6) is 0.310. The van der Waals surface area contributed by atoms with Gasteiger partial charge < -0.3 is 5.73 Å². The highest BCUT2D eigenvalue weighted by atomic mass is 19.4. The summed E-state index contributed by atoms with van der Waals surface area (Å²) in [5.41, 5.74) is 6.28. The number of hydrogen-bond donors (Lipinski definition) is 1. The number of aromatic nitrogens is 1. The first kappa shape index (κ1) is 13.4. The molecule has 0 amide bonds. The van der Waals surface area contributed by atoms with Gasteiger partial charge in [0.05, 0.1) is 5.56 Å². The molecule has 2 aromatic rings. The summed E-state index contributed by atoms with van der Waals surface area (Å²) in [5, 5.41) is 0. The van der Waals surface area contributed by atoms with Crippen LogP contribution >= 0.6 is 0 Å². The zero-order chi connectivity index (χ0) is 14.0. The number of aryl methyl sites for hydroxylation is 1. The van der Waals surface area contributed by atoms with Gasteiger partial charge in [-0.3, -0.25) is 0 Å². The van der Waals surface area contributed by atoms with Crippen molar-refractivity contribution in [2.75, 3.05) is 5.73 Å². The summed E-state index contributed by atoms with van der Waals surface area (Å²) in [4.78, 5) is 3.90. The Labute approximate surface area is 109 Å². The van der Waals surface area contributed by atoms with E-state index in [1.54, 1.807) is 12.1 Å². The Hall–Kier alpha value is -2.04. The average molecular weight is 266 g/mol. The molecule has 0 fully saturated rings. The van der Waals surface area contributed by atoms with Gasteiger partial charge in [-0.25, -0.2) is 4.98 Å². The fraction of sp³-hybridized carbons (Fsp3) is 0.214. The van der Waals surface area contributed by atoms with Crippen molar-refractivity contribution in [2.45, 2.75) is 19.5 Å². The van der Waals surface area contributed by atoms with Gasteiger partial charge in [0.1, 0.15) is 5.82 Å². The molecule has 2 nitrogen and oxygen atoms in total. The maximum atomic E-state index is 13.0. The first-order valence-corrected chi connectivity index (χ1v) is 5.84. The highest BCUT2D eigenvalue weighted by Gasteiger charge is 2.33. The summed E-state index contributed by atoms with van der Waals surface area (Å²) in [6, 6.07) is 7.10. The Bertz CT molecular complexity index is 591. The van der Waals surface area contributed by atoms with E-state index in [0.29, 0.717) is 17.8 Å². The molecule has 1 heterocycles. The van der Waals surface area contributed by atoms with Crippen LogP contribution in [0.1, 0.15) is 18.1 Å². The smallest absolute Gasteiger partial charge is 0.384 e. The molecular formula is C14H13F3N2. The van der Waals surface area contributed by atoms with Crippen molar-refractivity contribution in [3.8, 4) is 11.1 Å². The number of rotatable bonds is 2. The van der Waals surface area contributed by atoms with Crippen LogP contribution in [0.25, 0.3) is 11.1 Å². The number of anilines is 1. The number of benzene rings is 1. The predicted molar refractivity (Wildman–Crippen MR) is 68.5 cm³/mol. The Balaban J connectivity index is 2.66. The van der Waals surface area contributed by atoms with Gasteiger partial charge >= 0.3 is 6.18 Å². The van der Waals surface area contributed by atoms with Gasteiger partial charge in [0.25, 0.3) is 0 Å². The first-order valence-electron chi connectivity index (χ1n) is 5.84. The number of halogens is 3. The van der Waals surface area contributed by atoms with Gasteiger partial charge in [0.2, 0.25) is 0 Å². The van der Waals surface area contributed by atoms with E-state index in [0.717, 1.165) is 11.6 Å². The first-order chi connectivity index (χ1) is 8.93. The summed E-state index contributed by atoms with van der Waals surface area (Å²) < 4.78 is 39.0. The number of alkyl halides is 3. The van der Waals surface area contributed by atoms with Crippen molar-refractivity contribution in [2.24, 2.45) is 0 Å². The van der Waals surface area contributed by atoms with Crippen molar-refractivity contribution in [1.29, 1.82) is 0 Å². The van der Waals surface area contributed by atoms with E-state index in [1.165, 1.54) is 18.3 Å². The van der Waals surface area contributed by atoms with Gasteiger partial charge in [0, 0.05) is 11.8 Å². The highest BCUT2D eigenvalue weighted by molar-refractivity contribution is 5.71. The number of nitrogens with zero attached hydrogens (tertiary/aromatic N) is 1. The maximum absolute atomic E-state index is 13.0. The quantitative estimate of drug-likeness (QED) is 0.895. The molecule has 5 heteroatoms. The van der Waals surface area contributed by atoms with Gasteiger partial charge in [-0.2, -0.15) is 13.2 Å². The minimum absolute atomic E-state index is 0.138. The second-order valence-electron chi connectivity index (χ2n) is 4.16. The standard InChI is InChI=1S/C14H13F3N2/c1-2-9-7-13(18)19-8-11(9)10-5-3-4-6-12(10)14(15,16)17/h3-8H,2H2,1H3,(H2,18,19). The molecule has 0 atom stereocenters. The van der Waals surface area contributed by atoms with Crippen molar-refractivity contribution in [3.63, 3.8) is 0 Å². The molecule has 0 aliphatic rings. The zero-order valence-corrected chi connectivity index (χ0v) is 10.3. The van der Waals surface area contributed by atoms with Crippen molar-refractivity contribution in [3.05, 3.63) is 47.7 Å². The lowest BCUT2D eigenvalue weighted by molar-refractivity contribution is -0.137. The average Bonchev–Trinajstić information content (AvgIpc) is 2.37. The Morgan fingerprint density at radius 1 is 1.16 bits per heavy atom. The zero-order valence-electron chi connectivity index (χ0n) is 10.3. The van der Waals surface area contributed by atoms with Crippen LogP contribution in [0.4, 0.5) is 19.0 Å². The van der Waals surface area contributed by atoms with Crippen molar-refractivity contribution >= 4 is 5.82 Å². The third-order valence-electron chi connectivity index (χ3n) is 2.91. The van der Waals surface area contributed by atoms with Crippen LogP contribution in [0.3, 0.4) is 0 Å². The highest BCUT2D eigenvalue weighted by Crippen LogP contribution is 2.38. The van der Waals surface area contributed by atoms with Gasteiger partial charge in [0.15, 0.2) is 0 Å². The maximum Gasteiger partial charge on any atom is 0.417 e. The Kier molecular flexibility index (Phi) is 3.46. The van der Waals surface area contributed by atoms with Crippen LogP contribution in [0.5, 0.6) is 0 Å². The molecule has 0 saturated carbocycles. The molecule has 0 radical (unpaired) electrons. The van der Waals surface area contributed by atoms with Crippen LogP contribution in [0, 0.1) is 0 Å². The molecule has 2 N–H and O–H groups in total. The molecular weight excluding hydrogens is 253 g/mol. The fourth-order valence-corrected chi connectivity index (χ4v) is 2.02. The number of hydrogen-bond acceptors (Lipinski definition) is 2. The largest absolute Gasteiger partial charge is 0.417 e. The van der Waals surface area contributed by atoms with E-state index in [9.17, 15) is 13.2 Å². The molecule has 0 aliphatic carbocycles. The SMILES string of the molecule is CCc1cc(N)ncc1-c1ccccc1C(F)(F)F. The van der Waals surface area contributed by atoms with Crippen LogP contribution < -0.4 is 5.73 Å². The fourth-order valence-electron chi connectivity index (χ4n) is 2.02. The minimum atomic E-state index is -4.39. The van der Waals surface area contributed by atoms with Crippen molar-refractivity contribution in [1.82, 2.24) is 4.98 Å². The predicted octanol–water partition coefficient (Wildman–Crippen LogP) is 3.91. The summed E-state index contributed by atoms with van der Waals surface area (Å²) in [6.07, 6.45) is -2.39. The molecule has 0 aliphatic heterocycles. The van der Waals surface area contributed by atoms with Crippen LogP contribution in [0.2, 0.25) is 0 Å². The van der Waals surface area contributed by atoms with E-state index >= 15 is 0 Å². The molecule has 1 aromatic heterocycles. The normalized spacial score (nSPS) is 11.6. The third kappa shape index (κ3) is 2.70. The monoisotopic (exact) mass is 266 g/mol. The van der Waals surface area contributed by atoms with Gasteiger partial charge in [-0.05, 0) is 29.7 Å². The van der Waals surface area contributed by atoms with E-state index in [1.807, 2.05) is 6.92 Å². The van der Waals surface area contributed by atoms with Crippen LogP contribution in [0.15, 0.2) is 36.5 Å². The molecule has 19 heavy (non-hydrogen) atoms. The second-order valence-corrected chi connectivity index (χ2v) is 4.16. The molecule has 0 unspecified atom stereocenters. The number of nitrogen functional groups attached to an aromatic ring is 1. The lowest BCUT2D eigenvalue weighted by atomic mass is 9.95. The topological polar surface area (TPSA) is 38.9 Å². The summed E-state index contributed by atoms with van der Waals surface area (Å²) >= 11 is 0. The molecule has 2 rings (SSSR count). The van der Waals surface area contributed by atoms with E-state index in [4.69, 9.17) is 5.73 Å². The molecule has 0 spiro atoms. The third-order valence-corrected chi connectivity index (χ3v) is 2.91. The minimum Gasteiger partial charge on any atom is -0.384 e.